The lowest BCUT2D eigenvalue weighted by molar-refractivity contribution is -0.145. The quantitative estimate of drug-likeness (QED) is 0.804. The van der Waals surface area contributed by atoms with Gasteiger partial charge >= 0.3 is 0 Å². The van der Waals surface area contributed by atoms with E-state index in [4.69, 9.17) is 0 Å². The molecule has 0 aromatic heterocycles. The van der Waals surface area contributed by atoms with Crippen molar-refractivity contribution in [2.24, 2.45) is 5.41 Å². The van der Waals surface area contributed by atoms with Gasteiger partial charge in [-0.25, -0.2) is 0 Å². The van der Waals surface area contributed by atoms with Crippen LogP contribution in [-0.2, 0) is 9.59 Å². The summed E-state index contributed by atoms with van der Waals surface area (Å²) in [5, 5.41) is 2.95. The topological polar surface area (TPSA) is 52.7 Å². The molecule has 1 fully saturated rings. The highest BCUT2D eigenvalue weighted by molar-refractivity contribution is 6.10. The Morgan fingerprint density at radius 3 is 2.28 bits per heavy atom. The molecular weight excluding hydrogens is 314 g/mol. The van der Waals surface area contributed by atoms with Gasteiger partial charge in [-0.3, -0.25) is 9.59 Å². The van der Waals surface area contributed by atoms with Crippen molar-refractivity contribution >= 4 is 23.2 Å². The minimum Gasteiger partial charge on any atom is -0.372 e. The summed E-state index contributed by atoms with van der Waals surface area (Å²) in [4.78, 5) is 29.5. The van der Waals surface area contributed by atoms with Crippen LogP contribution in [0.4, 0.5) is 11.4 Å². The Hall–Kier alpha value is -2.04. The molecule has 0 saturated carbocycles. The Morgan fingerprint density at radius 2 is 1.76 bits per heavy atom. The monoisotopic (exact) mass is 345 g/mol. The van der Waals surface area contributed by atoms with Crippen molar-refractivity contribution < 1.29 is 9.59 Å². The third-order valence-corrected chi connectivity index (χ3v) is 5.08. The number of carbonyl (C=O) groups excluding carboxylic acids is 2. The summed E-state index contributed by atoms with van der Waals surface area (Å²) in [6.45, 7) is 13.1. The van der Waals surface area contributed by atoms with Crippen molar-refractivity contribution in [1.29, 1.82) is 0 Å². The molecule has 0 atom stereocenters. The maximum absolute atomic E-state index is 12.7. The van der Waals surface area contributed by atoms with E-state index in [-0.39, 0.29) is 11.8 Å². The SMILES string of the molecule is CCN(CC)c1ccc(NC(=O)C(C)(C)C(=O)N2CCCC2)c(C)c1. The lowest BCUT2D eigenvalue weighted by Gasteiger charge is -2.28. The summed E-state index contributed by atoms with van der Waals surface area (Å²) in [6, 6.07) is 6.03. The number of anilines is 2. The van der Waals surface area contributed by atoms with E-state index in [1.165, 1.54) is 0 Å². The number of nitrogens with zero attached hydrogens (tertiary/aromatic N) is 2. The van der Waals surface area contributed by atoms with Crippen LogP contribution in [0.3, 0.4) is 0 Å². The molecule has 25 heavy (non-hydrogen) atoms. The van der Waals surface area contributed by atoms with Gasteiger partial charge < -0.3 is 15.1 Å². The van der Waals surface area contributed by atoms with E-state index in [2.05, 4.69) is 30.1 Å². The molecule has 2 amide bonds. The van der Waals surface area contributed by atoms with Crippen LogP contribution in [0.5, 0.6) is 0 Å². The smallest absolute Gasteiger partial charge is 0.239 e. The fraction of sp³-hybridized carbons (Fsp3) is 0.600. The van der Waals surface area contributed by atoms with E-state index in [1.807, 2.05) is 19.1 Å². The molecule has 5 nitrogen and oxygen atoms in total. The highest BCUT2D eigenvalue weighted by Gasteiger charge is 2.40. The molecule has 1 heterocycles. The molecule has 138 valence electrons. The molecule has 0 spiro atoms. The molecule has 0 bridgehead atoms. The number of nitrogens with one attached hydrogen (secondary N) is 1. The number of carbonyl (C=O) groups is 2. The first-order valence-corrected chi connectivity index (χ1v) is 9.27. The molecule has 1 aliphatic rings. The summed E-state index contributed by atoms with van der Waals surface area (Å²) in [7, 11) is 0. The van der Waals surface area contributed by atoms with E-state index >= 15 is 0 Å². The van der Waals surface area contributed by atoms with Crippen LogP contribution in [0, 0.1) is 12.3 Å². The molecule has 5 heteroatoms. The standard InChI is InChI=1S/C20H31N3O2/c1-6-22(7-2)16-10-11-17(15(3)14-16)21-18(24)20(4,5)19(25)23-12-8-9-13-23/h10-11,14H,6-9,12-13H2,1-5H3,(H,21,24). The predicted molar refractivity (Wildman–Crippen MR) is 103 cm³/mol. The van der Waals surface area contributed by atoms with Gasteiger partial charge in [0, 0.05) is 37.6 Å². The molecule has 1 N–H and O–H groups in total. The molecule has 1 aromatic rings. The molecule has 0 radical (unpaired) electrons. The second-order valence-electron chi connectivity index (χ2n) is 7.25. The second kappa shape index (κ2) is 7.89. The van der Waals surface area contributed by atoms with E-state index in [0.717, 1.165) is 56.0 Å². The number of hydrogen-bond donors (Lipinski definition) is 1. The first-order chi connectivity index (χ1) is 11.8. The Bertz CT molecular complexity index is 630. The van der Waals surface area contributed by atoms with Gasteiger partial charge in [-0.2, -0.15) is 0 Å². The van der Waals surface area contributed by atoms with Crippen molar-refractivity contribution in [3.8, 4) is 0 Å². The van der Waals surface area contributed by atoms with Crippen LogP contribution in [0.2, 0.25) is 0 Å². The van der Waals surface area contributed by atoms with E-state index < -0.39 is 5.41 Å². The van der Waals surface area contributed by atoms with Gasteiger partial charge in [0.2, 0.25) is 11.8 Å². The number of aryl methyl sites for hydroxylation is 1. The van der Waals surface area contributed by atoms with Crippen LogP contribution in [0.25, 0.3) is 0 Å². The molecule has 1 aliphatic heterocycles. The molecule has 1 saturated heterocycles. The Morgan fingerprint density at radius 1 is 1.16 bits per heavy atom. The zero-order valence-electron chi connectivity index (χ0n) is 16.2. The van der Waals surface area contributed by atoms with Crippen LogP contribution in [-0.4, -0.2) is 42.9 Å². The van der Waals surface area contributed by atoms with E-state index in [1.54, 1.807) is 18.7 Å². The Labute approximate surface area is 151 Å². The Balaban J connectivity index is 2.12. The molecular formula is C20H31N3O2. The first-order valence-electron chi connectivity index (χ1n) is 9.27. The fourth-order valence-corrected chi connectivity index (χ4v) is 3.26. The Kier molecular flexibility index (Phi) is 6.09. The maximum Gasteiger partial charge on any atom is 0.239 e. The van der Waals surface area contributed by atoms with Crippen LogP contribution in [0.1, 0.15) is 46.1 Å². The summed E-state index contributed by atoms with van der Waals surface area (Å²) in [5.74, 6) is -0.331. The van der Waals surface area contributed by atoms with Gasteiger partial charge in [0.1, 0.15) is 5.41 Å². The van der Waals surface area contributed by atoms with Crippen molar-refractivity contribution in [3.05, 3.63) is 23.8 Å². The fourth-order valence-electron chi connectivity index (χ4n) is 3.26. The minimum absolute atomic E-state index is 0.0834. The third-order valence-electron chi connectivity index (χ3n) is 5.08. The predicted octanol–water partition coefficient (Wildman–Crippen LogP) is 3.43. The molecule has 0 unspecified atom stereocenters. The van der Waals surface area contributed by atoms with Crippen molar-refractivity contribution in [1.82, 2.24) is 4.90 Å². The normalized spacial score (nSPS) is 14.5. The summed E-state index contributed by atoms with van der Waals surface area (Å²) >= 11 is 0. The highest BCUT2D eigenvalue weighted by atomic mass is 16.2. The van der Waals surface area contributed by atoms with E-state index in [0.29, 0.717) is 0 Å². The summed E-state index contributed by atoms with van der Waals surface area (Å²) < 4.78 is 0. The van der Waals surface area contributed by atoms with Crippen molar-refractivity contribution in [2.45, 2.75) is 47.5 Å². The van der Waals surface area contributed by atoms with Crippen LogP contribution in [0.15, 0.2) is 18.2 Å². The van der Waals surface area contributed by atoms with Crippen molar-refractivity contribution in [3.63, 3.8) is 0 Å². The van der Waals surface area contributed by atoms with Gasteiger partial charge in [0.25, 0.3) is 0 Å². The van der Waals surface area contributed by atoms with Crippen molar-refractivity contribution in [2.75, 3.05) is 36.4 Å². The molecule has 0 aliphatic carbocycles. The average Bonchev–Trinajstić information content (AvgIpc) is 3.11. The average molecular weight is 345 g/mol. The third kappa shape index (κ3) is 4.14. The van der Waals surface area contributed by atoms with Gasteiger partial charge in [-0.05, 0) is 71.2 Å². The number of amides is 2. The summed E-state index contributed by atoms with van der Waals surface area (Å²) in [5.41, 5.74) is 1.85. The first kappa shape index (κ1) is 19.3. The highest BCUT2D eigenvalue weighted by Crippen LogP contribution is 2.27. The van der Waals surface area contributed by atoms with Gasteiger partial charge in [-0.1, -0.05) is 0 Å². The van der Waals surface area contributed by atoms with Gasteiger partial charge in [0.15, 0.2) is 0 Å². The number of likely N-dealkylation sites (tertiary alicyclic amines) is 1. The lowest BCUT2D eigenvalue weighted by atomic mass is 9.90. The van der Waals surface area contributed by atoms with Gasteiger partial charge in [0.05, 0.1) is 0 Å². The zero-order chi connectivity index (χ0) is 18.6. The maximum atomic E-state index is 12.7. The lowest BCUT2D eigenvalue weighted by Crippen LogP contribution is -2.46. The molecule has 2 rings (SSSR count). The number of hydrogen-bond acceptors (Lipinski definition) is 3. The minimum atomic E-state index is -1.06. The number of benzene rings is 1. The van der Waals surface area contributed by atoms with Crippen LogP contribution < -0.4 is 10.2 Å². The number of rotatable bonds is 6. The van der Waals surface area contributed by atoms with E-state index in [9.17, 15) is 9.59 Å². The largest absolute Gasteiger partial charge is 0.372 e. The van der Waals surface area contributed by atoms with Gasteiger partial charge in [-0.15, -0.1) is 0 Å². The summed E-state index contributed by atoms with van der Waals surface area (Å²) in [6.07, 6.45) is 2.05. The van der Waals surface area contributed by atoms with Crippen LogP contribution >= 0.6 is 0 Å². The second-order valence-corrected chi connectivity index (χ2v) is 7.25. The molecule has 1 aromatic carbocycles. The zero-order valence-corrected chi connectivity index (χ0v) is 16.2.